The molecule has 1 aromatic carbocycles. The molecule has 4 nitrogen and oxygen atoms in total. The largest absolute Gasteiger partial charge is 0.480 e. The van der Waals surface area contributed by atoms with E-state index in [0.717, 1.165) is 4.90 Å². The molecular formula is C9H11NO3S. The zero-order valence-corrected chi connectivity index (χ0v) is 8.20. The molecule has 0 aliphatic rings. The molecule has 0 fully saturated rings. The highest BCUT2D eigenvalue weighted by Crippen LogP contribution is 2.13. The number of hydrogen-bond acceptors (Lipinski definition) is 4. The van der Waals surface area contributed by atoms with Gasteiger partial charge in [-0.15, -0.1) is 0 Å². The lowest BCUT2D eigenvalue weighted by Crippen LogP contribution is -2.35. The molecule has 0 saturated heterocycles. The average molecular weight is 213 g/mol. The minimum absolute atomic E-state index is 0.421. The highest BCUT2D eigenvalue weighted by atomic mass is 32.2. The zero-order valence-electron chi connectivity index (χ0n) is 7.38. The van der Waals surface area contributed by atoms with Crippen molar-refractivity contribution >= 4 is 17.9 Å². The molecule has 0 saturated carbocycles. The van der Waals surface area contributed by atoms with Crippen LogP contribution in [-0.2, 0) is 4.79 Å². The maximum atomic E-state index is 10.5. The van der Waals surface area contributed by atoms with E-state index in [-0.39, 0.29) is 0 Å². The van der Waals surface area contributed by atoms with Crippen LogP contribution in [0.2, 0.25) is 0 Å². The number of carboxylic acid groups (broad SMARTS) is 1. The first-order valence-corrected chi connectivity index (χ1v) is 4.86. The predicted molar refractivity (Wildman–Crippen MR) is 53.9 cm³/mol. The molecule has 0 spiro atoms. The molecule has 0 bridgehead atoms. The van der Waals surface area contributed by atoms with Crippen LogP contribution < -0.4 is 4.72 Å². The summed E-state index contributed by atoms with van der Waals surface area (Å²) in [6.07, 6.45) is 0. The van der Waals surface area contributed by atoms with E-state index < -0.39 is 18.6 Å². The maximum Gasteiger partial charge on any atom is 0.323 e. The summed E-state index contributed by atoms with van der Waals surface area (Å²) < 4.78 is 2.65. The highest BCUT2D eigenvalue weighted by Gasteiger charge is 2.15. The lowest BCUT2D eigenvalue weighted by molar-refractivity contribution is -0.139. The Balaban J connectivity index is 2.44. The van der Waals surface area contributed by atoms with Crippen LogP contribution in [0.15, 0.2) is 35.2 Å². The van der Waals surface area contributed by atoms with Crippen molar-refractivity contribution in [1.29, 1.82) is 0 Å². The number of aliphatic hydroxyl groups is 1. The predicted octanol–water partition coefficient (Wildman–Crippen LogP) is 0.729. The maximum absolute atomic E-state index is 10.5. The highest BCUT2D eigenvalue weighted by molar-refractivity contribution is 7.97. The first kappa shape index (κ1) is 11.0. The van der Waals surface area contributed by atoms with Gasteiger partial charge in [0.1, 0.15) is 6.04 Å². The molecule has 0 aliphatic carbocycles. The molecule has 76 valence electrons. The van der Waals surface area contributed by atoms with E-state index in [0.29, 0.717) is 0 Å². The van der Waals surface area contributed by atoms with Gasteiger partial charge in [-0.2, -0.15) is 0 Å². The number of aliphatic carboxylic acids is 1. The molecule has 0 heterocycles. The summed E-state index contributed by atoms with van der Waals surface area (Å²) in [7, 11) is 0. The molecule has 0 aromatic heterocycles. The first-order chi connectivity index (χ1) is 6.74. The minimum atomic E-state index is -1.06. The molecular weight excluding hydrogens is 202 g/mol. The van der Waals surface area contributed by atoms with Crippen LogP contribution in [0.1, 0.15) is 0 Å². The molecule has 1 aromatic rings. The van der Waals surface area contributed by atoms with Crippen LogP contribution in [0.25, 0.3) is 0 Å². The quantitative estimate of drug-likeness (QED) is 0.629. The van der Waals surface area contributed by atoms with Crippen molar-refractivity contribution in [2.24, 2.45) is 0 Å². The van der Waals surface area contributed by atoms with Crippen molar-refractivity contribution < 1.29 is 15.0 Å². The summed E-state index contributed by atoms with van der Waals surface area (Å²) in [6, 6.07) is 8.38. The van der Waals surface area contributed by atoms with Gasteiger partial charge in [-0.05, 0) is 24.1 Å². The summed E-state index contributed by atoms with van der Waals surface area (Å²) >= 11 is 1.19. The van der Waals surface area contributed by atoms with Gasteiger partial charge in [-0.25, -0.2) is 4.72 Å². The standard InChI is InChI=1S/C9H11NO3S/c11-6-8(9(12)13)10-14-7-4-2-1-3-5-7/h1-5,8,10-11H,6H2,(H,12,13). The summed E-state index contributed by atoms with van der Waals surface area (Å²) in [5, 5.41) is 17.3. The van der Waals surface area contributed by atoms with Gasteiger partial charge >= 0.3 is 5.97 Å². The van der Waals surface area contributed by atoms with E-state index in [1.165, 1.54) is 11.9 Å². The van der Waals surface area contributed by atoms with Gasteiger partial charge in [-0.1, -0.05) is 18.2 Å². The SMILES string of the molecule is O=C(O)C(CO)NSc1ccccc1. The van der Waals surface area contributed by atoms with Crippen molar-refractivity contribution in [3.8, 4) is 0 Å². The summed E-state index contributed by atoms with van der Waals surface area (Å²) in [5.74, 6) is -1.06. The smallest absolute Gasteiger partial charge is 0.323 e. The molecule has 0 radical (unpaired) electrons. The van der Waals surface area contributed by atoms with Crippen LogP contribution >= 0.6 is 11.9 Å². The second-order valence-electron chi connectivity index (χ2n) is 2.61. The number of benzene rings is 1. The Kier molecular flexibility index (Phi) is 4.45. The normalized spacial score (nSPS) is 12.4. The third-order valence-corrected chi connectivity index (χ3v) is 2.45. The van der Waals surface area contributed by atoms with Gasteiger partial charge in [0.25, 0.3) is 0 Å². The molecule has 0 amide bonds. The number of carboxylic acids is 1. The fourth-order valence-electron chi connectivity index (χ4n) is 0.793. The Bertz CT molecular complexity index is 291. The summed E-state index contributed by atoms with van der Waals surface area (Å²) in [4.78, 5) is 11.4. The number of hydrogen-bond donors (Lipinski definition) is 3. The summed E-state index contributed by atoms with van der Waals surface area (Å²) in [6.45, 7) is -0.421. The van der Waals surface area contributed by atoms with Gasteiger partial charge in [0, 0.05) is 4.90 Å². The van der Waals surface area contributed by atoms with Crippen LogP contribution in [0.3, 0.4) is 0 Å². The third kappa shape index (κ3) is 3.37. The fourth-order valence-corrected chi connectivity index (χ4v) is 1.54. The molecule has 0 aliphatic heterocycles. The van der Waals surface area contributed by atoms with Crippen molar-refractivity contribution in [2.45, 2.75) is 10.9 Å². The lowest BCUT2D eigenvalue weighted by Gasteiger charge is -2.09. The third-order valence-electron chi connectivity index (χ3n) is 1.54. The van der Waals surface area contributed by atoms with E-state index in [9.17, 15) is 4.79 Å². The van der Waals surface area contributed by atoms with Gasteiger partial charge in [-0.3, -0.25) is 4.79 Å². The monoisotopic (exact) mass is 213 g/mol. The van der Waals surface area contributed by atoms with E-state index in [1.54, 1.807) is 0 Å². The number of aliphatic hydroxyl groups excluding tert-OH is 1. The van der Waals surface area contributed by atoms with E-state index >= 15 is 0 Å². The lowest BCUT2D eigenvalue weighted by atomic mass is 10.3. The van der Waals surface area contributed by atoms with Crippen LogP contribution in [0.4, 0.5) is 0 Å². The topological polar surface area (TPSA) is 69.6 Å². The summed E-state index contributed by atoms with van der Waals surface area (Å²) in [5.41, 5.74) is 0. The van der Waals surface area contributed by atoms with Crippen molar-refractivity contribution in [1.82, 2.24) is 4.72 Å². The minimum Gasteiger partial charge on any atom is -0.480 e. The molecule has 1 atom stereocenters. The van der Waals surface area contributed by atoms with Crippen molar-refractivity contribution in [3.63, 3.8) is 0 Å². The number of rotatable bonds is 5. The second-order valence-corrected chi connectivity index (χ2v) is 3.52. The van der Waals surface area contributed by atoms with Crippen LogP contribution in [-0.4, -0.2) is 28.8 Å². The Labute approximate surface area is 86.1 Å². The second kappa shape index (κ2) is 5.64. The Hall–Kier alpha value is -1.04. The van der Waals surface area contributed by atoms with Gasteiger partial charge in [0.05, 0.1) is 6.61 Å². The van der Waals surface area contributed by atoms with Crippen LogP contribution in [0.5, 0.6) is 0 Å². The Morgan fingerprint density at radius 2 is 2.07 bits per heavy atom. The Morgan fingerprint density at radius 3 is 2.57 bits per heavy atom. The number of carbonyl (C=O) groups is 1. The molecule has 1 rings (SSSR count). The van der Waals surface area contributed by atoms with Crippen LogP contribution in [0, 0.1) is 0 Å². The average Bonchev–Trinajstić information content (AvgIpc) is 2.20. The van der Waals surface area contributed by atoms with Crippen molar-refractivity contribution in [3.05, 3.63) is 30.3 Å². The fraction of sp³-hybridized carbons (Fsp3) is 0.222. The van der Waals surface area contributed by atoms with Crippen molar-refractivity contribution in [2.75, 3.05) is 6.61 Å². The van der Waals surface area contributed by atoms with E-state index in [4.69, 9.17) is 10.2 Å². The molecule has 3 N–H and O–H groups in total. The van der Waals surface area contributed by atoms with E-state index in [2.05, 4.69) is 4.72 Å². The Morgan fingerprint density at radius 1 is 1.43 bits per heavy atom. The van der Waals surface area contributed by atoms with Gasteiger partial charge in [0.15, 0.2) is 0 Å². The zero-order chi connectivity index (χ0) is 10.4. The number of nitrogens with one attached hydrogen (secondary N) is 1. The van der Waals surface area contributed by atoms with Gasteiger partial charge in [0.2, 0.25) is 0 Å². The van der Waals surface area contributed by atoms with E-state index in [1.807, 2.05) is 30.3 Å². The molecule has 1 unspecified atom stereocenters. The first-order valence-electron chi connectivity index (χ1n) is 4.05. The van der Waals surface area contributed by atoms with Gasteiger partial charge < -0.3 is 10.2 Å². The molecule has 14 heavy (non-hydrogen) atoms. The molecule has 5 heteroatoms.